The van der Waals surface area contributed by atoms with Crippen molar-refractivity contribution in [3.63, 3.8) is 0 Å². The second-order valence-electron chi connectivity index (χ2n) is 3.31. The lowest BCUT2D eigenvalue weighted by Crippen LogP contribution is -2.18. The number of fused-ring (bicyclic) bond motifs is 1. The van der Waals surface area contributed by atoms with Crippen molar-refractivity contribution in [1.29, 1.82) is 0 Å². The fourth-order valence-corrected chi connectivity index (χ4v) is 2.31. The van der Waals surface area contributed by atoms with Gasteiger partial charge in [0.25, 0.3) is 5.91 Å². The number of nitrogens with one attached hydrogen (secondary N) is 1. The van der Waals surface area contributed by atoms with Gasteiger partial charge in [-0.15, -0.1) is 0 Å². The highest BCUT2D eigenvalue weighted by Gasteiger charge is 2.21. The summed E-state index contributed by atoms with van der Waals surface area (Å²) in [5.41, 5.74) is 0.767. The van der Waals surface area contributed by atoms with Gasteiger partial charge in [0.15, 0.2) is 0 Å². The second kappa shape index (κ2) is 5.05. The van der Waals surface area contributed by atoms with Gasteiger partial charge in [-0.3, -0.25) is 4.79 Å². The van der Waals surface area contributed by atoms with E-state index in [9.17, 15) is 9.59 Å². The minimum absolute atomic E-state index is 0.276. The lowest BCUT2D eigenvalue weighted by atomic mass is 10.3. The molecule has 0 aromatic heterocycles. The molecular formula is C12H11NO3S. The Balaban J connectivity index is 2.23. The van der Waals surface area contributed by atoms with Gasteiger partial charge in [-0.25, -0.2) is 4.79 Å². The standard InChI is InChI=1S/C12H11NO3S/c1-2-16-11(14)7-10-12(15)13-8-5-3-4-6-9(8)17-10/h3-7H,2H2,1H3,(H,13,15)/b10-7-. The van der Waals surface area contributed by atoms with Crippen molar-refractivity contribution in [2.24, 2.45) is 0 Å². The van der Waals surface area contributed by atoms with E-state index < -0.39 is 5.97 Å². The zero-order valence-electron chi connectivity index (χ0n) is 9.23. The van der Waals surface area contributed by atoms with Crippen LogP contribution in [0.2, 0.25) is 0 Å². The van der Waals surface area contributed by atoms with E-state index in [0.717, 1.165) is 10.6 Å². The number of anilines is 1. The van der Waals surface area contributed by atoms with Gasteiger partial charge in [-0.05, 0) is 19.1 Å². The van der Waals surface area contributed by atoms with Gasteiger partial charge in [0.1, 0.15) is 0 Å². The molecule has 0 unspecified atom stereocenters. The number of carbonyl (C=O) groups is 2. The first kappa shape index (κ1) is 11.7. The molecule has 4 nitrogen and oxygen atoms in total. The molecule has 0 spiro atoms. The number of hydrogen-bond donors (Lipinski definition) is 1. The van der Waals surface area contributed by atoms with Crippen molar-refractivity contribution in [2.45, 2.75) is 11.8 Å². The van der Waals surface area contributed by atoms with Gasteiger partial charge in [0.2, 0.25) is 0 Å². The van der Waals surface area contributed by atoms with Gasteiger partial charge in [-0.1, -0.05) is 23.9 Å². The average molecular weight is 249 g/mol. The average Bonchev–Trinajstić information content (AvgIpc) is 2.30. The number of benzene rings is 1. The highest BCUT2D eigenvalue weighted by molar-refractivity contribution is 8.04. The summed E-state index contributed by atoms with van der Waals surface area (Å²) < 4.78 is 4.77. The molecule has 1 aromatic rings. The number of thioether (sulfide) groups is 1. The number of carbonyl (C=O) groups excluding carboxylic acids is 2. The summed E-state index contributed by atoms with van der Waals surface area (Å²) in [4.78, 5) is 24.2. The smallest absolute Gasteiger partial charge is 0.332 e. The molecule has 0 bridgehead atoms. The molecule has 1 aliphatic rings. The fraction of sp³-hybridized carbons (Fsp3) is 0.167. The van der Waals surface area contributed by atoms with Crippen LogP contribution in [-0.4, -0.2) is 18.5 Å². The lowest BCUT2D eigenvalue weighted by molar-refractivity contribution is -0.137. The maximum absolute atomic E-state index is 11.7. The normalized spacial score (nSPS) is 16.3. The van der Waals surface area contributed by atoms with E-state index >= 15 is 0 Å². The Morgan fingerprint density at radius 2 is 2.24 bits per heavy atom. The maximum atomic E-state index is 11.7. The Morgan fingerprint density at radius 1 is 1.47 bits per heavy atom. The fourth-order valence-electron chi connectivity index (χ4n) is 1.39. The first-order chi connectivity index (χ1) is 8.20. The number of ether oxygens (including phenoxy) is 1. The summed E-state index contributed by atoms with van der Waals surface area (Å²) in [7, 11) is 0. The molecule has 88 valence electrons. The van der Waals surface area contributed by atoms with Crippen LogP contribution in [0.25, 0.3) is 0 Å². The van der Waals surface area contributed by atoms with E-state index in [4.69, 9.17) is 4.74 Å². The van der Waals surface area contributed by atoms with E-state index in [2.05, 4.69) is 5.32 Å². The van der Waals surface area contributed by atoms with Gasteiger partial charge in [-0.2, -0.15) is 0 Å². The predicted octanol–water partition coefficient (Wildman–Crippen LogP) is 2.18. The Morgan fingerprint density at radius 3 is 3.00 bits per heavy atom. The number of esters is 1. The Labute approximate surface area is 103 Å². The molecule has 0 saturated heterocycles. The number of para-hydroxylation sites is 1. The van der Waals surface area contributed by atoms with E-state index in [-0.39, 0.29) is 5.91 Å². The predicted molar refractivity (Wildman–Crippen MR) is 65.6 cm³/mol. The van der Waals surface area contributed by atoms with Crippen LogP contribution in [0.1, 0.15) is 6.92 Å². The minimum atomic E-state index is -0.496. The molecule has 17 heavy (non-hydrogen) atoms. The SMILES string of the molecule is CCOC(=O)/C=C1\Sc2ccccc2NC1=O. The summed E-state index contributed by atoms with van der Waals surface area (Å²) in [6, 6.07) is 7.44. The Bertz CT molecular complexity index is 496. The molecule has 2 rings (SSSR count). The van der Waals surface area contributed by atoms with Crippen molar-refractivity contribution in [3.05, 3.63) is 35.2 Å². The summed E-state index contributed by atoms with van der Waals surface area (Å²) in [6.07, 6.45) is 1.22. The number of amides is 1. The zero-order chi connectivity index (χ0) is 12.3. The molecule has 1 amide bonds. The highest BCUT2D eigenvalue weighted by Crippen LogP contribution is 2.37. The zero-order valence-corrected chi connectivity index (χ0v) is 10.0. The quantitative estimate of drug-likeness (QED) is 0.644. The molecule has 5 heteroatoms. The number of hydrogen-bond acceptors (Lipinski definition) is 4. The summed E-state index contributed by atoms with van der Waals surface area (Å²) in [5, 5.41) is 2.72. The minimum Gasteiger partial charge on any atom is -0.463 e. The van der Waals surface area contributed by atoms with E-state index in [0.29, 0.717) is 11.5 Å². The second-order valence-corrected chi connectivity index (χ2v) is 4.40. The molecule has 0 saturated carbocycles. The van der Waals surface area contributed by atoms with Crippen LogP contribution in [0.15, 0.2) is 40.1 Å². The lowest BCUT2D eigenvalue weighted by Gasteiger charge is -2.17. The first-order valence-corrected chi connectivity index (χ1v) is 5.99. The van der Waals surface area contributed by atoms with Crippen LogP contribution < -0.4 is 5.32 Å². The van der Waals surface area contributed by atoms with Crippen molar-refractivity contribution < 1.29 is 14.3 Å². The molecule has 0 atom stereocenters. The first-order valence-electron chi connectivity index (χ1n) is 5.17. The summed E-state index contributed by atoms with van der Waals surface area (Å²) >= 11 is 1.27. The molecule has 0 fully saturated rings. The van der Waals surface area contributed by atoms with E-state index in [1.807, 2.05) is 24.3 Å². The molecule has 0 aliphatic carbocycles. The topological polar surface area (TPSA) is 55.4 Å². The third-order valence-electron chi connectivity index (χ3n) is 2.11. The molecular weight excluding hydrogens is 238 g/mol. The van der Waals surface area contributed by atoms with E-state index in [1.54, 1.807) is 6.92 Å². The monoisotopic (exact) mass is 249 g/mol. The molecule has 0 radical (unpaired) electrons. The maximum Gasteiger partial charge on any atom is 0.332 e. The van der Waals surface area contributed by atoms with Crippen molar-refractivity contribution in [1.82, 2.24) is 0 Å². The van der Waals surface area contributed by atoms with Crippen molar-refractivity contribution in [3.8, 4) is 0 Å². The third kappa shape index (κ3) is 2.68. The van der Waals surface area contributed by atoms with Crippen LogP contribution >= 0.6 is 11.8 Å². The third-order valence-corrected chi connectivity index (χ3v) is 3.21. The van der Waals surface area contributed by atoms with Crippen LogP contribution in [0.5, 0.6) is 0 Å². The van der Waals surface area contributed by atoms with Crippen LogP contribution in [-0.2, 0) is 14.3 Å². The highest BCUT2D eigenvalue weighted by atomic mass is 32.2. The van der Waals surface area contributed by atoms with Gasteiger partial charge < -0.3 is 10.1 Å². The molecule has 1 aliphatic heterocycles. The molecule has 1 heterocycles. The van der Waals surface area contributed by atoms with Gasteiger partial charge in [0.05, 0.1) is 17.2 Å². The largest absolute Gasteiger partial charge is 0.463 e. The van der Waals surface area contributed by atoms with Gasteiger partial charge in [0, 0.05) is 11.0 Å². The van der Waals surface area contributed by atoms with Crippen molar-refractivity contribution in [2.75, 3.05) is 11.9 Å². The molecule has 1 N–H and O–H groups in total. The Kier molecular flexibility index (Phi) is 3.49. The molecule has 1 aromatic carbocycles. The van der Waals surface area contributed by atoms with Crippen LogP contribution in [0.4, 0.5) is 5.69 Å². The van der Waals surface area contributed by atoms with Gasteiger partial charge >= 0.3 is 5.97 Å². The summed E-state index contributed by atoms with van der Waals surface area (Å²) in [6.45, 7) is 2.02. The number of rotatable bonds is 2. The van der Waals surface area contributed by atoms with E-state index in [1.165, 1.54) is 17.8 Å². The Hall–Kier alpha value is -1.75. The van der Waals surface area contributed by atoms with Crippen LogP contribution in [0, 0.1) is 0 Å². The van der Waals surface area contributed by atoms with Crippen molar-refractivity contribution >= 4 is 29.3 Å². The van der Waals surface area contributed by atoms with Crippen LogP contribution in [0.3, 0.4) is 0 Å². The summed E-state index contributed by atoms with van der Waals surface area (Å²) in [5.74, 6) is -0.772.